The molecule has 0 radical (unpaired) electrons. The maximum absolute atomic E-state index is 11.9. The molecule has 0 aliphatic carbocycles. The lowest BCUT2D eigenvalue weighted by molar-refractivity contribution is -0.383. The maximum atomic E-state index is 11.9. The van der Waals surface area contributed by atoms with E-state index in [0.29, 0.717) is 25.4 Å². The van der Waals surface area contributed by atoms with Crippen LogP contribution in [0.2, 0.25) is 0 Å². The van der Waals surface area contributed by atoms with Crippen LogP contribution in [-0.2, 0) is 14.3 Å². The molecule has 0 fully saturated rings. The number of rotatable bonds is 13. The van der Waals surface area contributed by atoms with Gasteiger partial charge in [0.1, 0.15) is 5.69 Å². The van der Waals surface area contributed by atoms with E-state index in [1.54, 1.807) is 0 Å². The zero-order valence-electron chi connectivity index (χ0n) is 15.3. The molecule has 0 aromatic heterocycles. The predicted octanol–water partition coefficient (Wildman–Crippen LogP) is 2.27. The second-order valence-electron chi connectivity index (χ2n) is 5.56. The second-order valence-corrected chi connectivity index (χ2v) is 5.56. The summed E-state index contributed by atoms with van der Waals surface area (Å²) in [6, 6.07) is 4.19. The quantitative estimate of drug-likeness (QED) is 0.160. The van der Waals surface area contributed by atoms with Crippen LogP contribution in [0.4, 0.5) is 17.1 Å². The molecule has 1 rings (SSSR count). The fraction of sp³-hybridized carbons (Fsp3) is 0.588. The van der Waals surface area contributed by atoms with Gasteiger partial charge in [0.05, 0.1) is 4.92 Å². The van der Waals surface area contributed by atoms with Gasteiger partial charge in [0.15, 0.2) is 6.29 Å². The molecule has 0 aliphatic heterocycles. The molecule has 1 aromatic carbocycles. The molecule has 26 heavy (non-hydrogen) atoms. The maximum Gasteiger partial charge on any atom is 0.294 e. The van der Waals surface area contributed by atoms with Gasteiger partial charge in [0, 0.05) is 37.9 Å². The van der Waals surface area contributed by atoms with Gasteiger partial charge in [-0.25, -0.2) is 0 Å². The van der Waals surface area contributed by atoms with Crippen LogP contribution in [0, 0.1) is 10.1 Å². The van der Waals surface area contributed by atoms with Gasteiger partial charge in [-0.05, 0) is 45.4 Å². The van der Waals surface area contributed by atoms with Gasteiger partial charge in [0.2, 0.25) is 5.91 Å². The number of nitrogens with one attached hydrogen (secondary N) is 2. The van der Waals surface area contributed by atoms with E-state index in [1.807, 2.05) is 13.8 Å². The number of hydrogen-bond acceptors (Lipinski definition) is 7. The third kappa shape index (κ3) is 8.24. The first kappa shape index (κ1) is 21.8. The van der Waals surface area contributed by atoms with Crippen molar-refractivity contribution in [3.63, 3.8) is 0 Å². The first-order valence-corrected chi connectivity index (χ1v) is 8.75. The Balaban J connectivity index is 2.25. The molecule has 0 atom stereocenters. The largest absolute Gasteiger partial charge is 0.393 e. The zero-order chi connectivity index (χ0) is 19.4. The number of hydrogen-bond donors (Lipinski definition) is 3. The number of amides is 1. The van der Waals surface area contributed by atoms with Crippen molar-refractivity contribution < 1.29 is 19.2 Å². The van der Waals surface area contributed by atoms with Crippen molar-refractivity contribution in [2.45, 2.75) is 39.4 Å². The van der Waals surface area contributed by atoms with Crippen LogP contribution in [0.15, 0.2) is 18.2 Å². The van der Waals surface area contributed by atoms with E-state index in [1.165, 1.54) is 18.2 Å². The number of ether oxygens (including phenoxy) is 2. The summed E-state index contributed by atoms with van der Waals surface area (Å²) in [5.41, 5.74) is 5.72. The molecule has 4 N–H and O–H groups in total. The summed E-state index contributed by atoms with van der Waals surface area (Å²) in [5, 5.41) is 16.7. The molecule has 0 spiro atoms. The van der Waals surface area contributed by atoms with Crippen molar-refractivity contribution in [2.75, 3.05) is 37.4 Å². The van der Waals surface area contributed by atoms with E-state index in [2.05, 4.69) is 10.6 Å². The van der Waals surface area contributed by atoms with Crippen molar-refractivity contribution >= 4 is 23.0 Å². The molecule has 0 aliphatic rings. The van der Waals surface area contributed by atoms with Crippen molar-refractivity contribution in [3.05, 3.63) is 28.3 Å². The minimum atomic E-state index is -0.579. The molecular formula is C17H28N4O5. The summed E-state index contributed by atoms with van der Waals surface area (Å²) in [7, 11) is 0. The van der Waals surface area contributed by atoms with Gasteiger partial charge < -0.3 is 25.8 Å². The van der Waals surface area contributed by atoms with Crippen LogP contribution in [-0.4, -0.2) is 43.4 Å². The summed E-state index contributed by atoms with van der Waals surface area (Å²) >= 11 is 0. The molecule has 0 heterocycles. The second kappa shape index (κ2) is 12.2. The number of carbonyl (C=O) groups is 1. The Morgan fingerprint density at radius 3 is 2.58 bits per heavy atom. The van der Waals surface area contributed by atoms with E-state index in [0.717, 1.165) is 19.4 Å². The van der Waals surface area contributed by atoms with Crippen molar-refractivity contribution in [3.8, 4) is 0 Å². The van der Waals surface area contributed by atoms with Gasteiger partial charge in [-0.1, -0.05) is 0 Å². The lowest BCUT2D eigenvalue weighted by atomic mass is 10.2. The Hall–Kier alpha value is -2.23. The Kier molecular flexibility index (Phi) is 10.2. The molecule has 9 heteroatoms. The first-order valence-electron chi connectivity index (χ1n) is 8.75. The molecular weight excluding hydrogens is 340 g/mol. The number of nitro groups is 1. The fourth-order valence-electron chi connectivity index (χ4n) is 2.31. The summed E-state index contributed by atoms with van der Waals surface area (Å²) in [4.78, 5) is 22.2. The van der Waals surface area contributed by atoms with Crippen molar-refractivity contribution in [1.82, 2.24) is 5.32 Å². The lowest BCUT2D eigenvalue weighted by Crippen LogP contribution is -2.24. The van der Waals surface area contributed by atoms with E-state index in [9.17, 15) is 14.9 Å². The van der Waals surface area contributed by atoms with E-state index < -0.39 is 4.92 Å². The molecule has 146 valence electrons. The molecule has 0 saturated carbocycles. The van der Waals surface area contributed by atoms with Crippen LogP contribution in [0.5, 0.6) is 0 Å². The molecule has 9 nitrogen and oxygen atoms in total. The molecule has 0 bridgehead atoms. The highest BCUT2D eigenvalue weighted by Gasteiger charge is 2.13. The lowest BCUT2D eigenvalue weighted by Gasteiger charge is -2.16. The highest BCUT2D eigenvalue weighted by Crippen LogP contribution is 2.24. The summed E-state index contributed by atoms with van der Waals surface area (Å²) in [6.45, 7) is 6.34. The number of nitrogen functional groups attached to an aromatic ring is 1. The SMILES string of the molecule is CCOC(CCCNCCC(=O)Nc1ccc(N)c([N+](=O)[O-])c1)OCC. The molecule has 0 unspecified atom stereocenters. The van der Waals surface area contributed by atoms with Crippen LogP contribution < -0.4 is 16.4 Å². The molecule has 1 aromatic rings. The number of nitro benzene ring substituents is 1. The predicted molar refractivity (Wildman–Crippen MR) is 99.9 cm³/mol. The molecule has 1 amide bonds. The zero-order valence-corrected chi connectivity index (χ0v) is 15.3. The first-order chi connectivity index (χ1) is 12.5. The average Bonchev–Trinajstić information content (AvgIpc) is 2.59. The number of nitrogens with zero attached hydrogens (tertiary/aromatic N) is 1. The van der Waals surface area contributed by atoms with Gasteiger partial charge in [-0.15, -0.1) is 0 Å². The Morgan fingerprint density at radius 1 is 1.27 bits per heavy atom. The van der Waals surface area contributed by atoms with Crippen LogP contribution >= 0.6 is 0 Å². The Labute approximate surface area is 153 Å². The minimum Gasteiger partial charge on any atom is -0.393 e. The summed E-state index contributed by atoms with van der Waals surface area (Å²) in [5.74, 6) is -0.224. The Morgan fingerprint density at radius 2 is 1.96 bits per heavy atom. The minimum absolute atomic E-state index is 0.0621. The topological polar surface area (TPSA) is 129 Å². The normalized spacial score (nSPS) is 10.9. The van der Waals surface area contributed by atoms with Gasteiger partial charge in [0.25, 0.3) is 5.69 Å². The van der Waals surface area contributed by atoms with Crippen LogP contribution in [0.1, 0.15) is 33.1 Å². The van der Waals surface area contributed by atoms with Crippen LogP contribution in [0.25, 0.3) is 0 Å². The third-order valence-corrected chi connectivity index (χ3v) is 3.54. The monoisotopic (exact) mass is 368 g/mol. The van der Waals surface area contributed by atoms with Crippen molar-refractivity contribution in [2.24, 2.45) is 0 Å². The van der Waals surface area contributed by atoms with E-state index in [-0.39, 0.29) is 30.0 Å². The van der Waals surface area contributed by atoms with Gasteiger partial charge in [-0.3, -0.25) is 14.9 Å². The fourth-order valence-corrected chi connectivity index (χ4v) is 2.31. The number of nitrogens with two attached hydrogens (primary N) is 1. The Bertz CT molecular complexity index is 576. The van der Waals surface area contributed by atoms with Crippen molar-refractivity contribution in [1.29, 1.82) is 0 Å². The molecule has 0 saturated heterocycles. The highest BCUT2D eigenvalue weighted by molar-refractivity contribution is 5.91. The van der Waals surface area contributed by atoms with E-state index >= 15 is 0 Å². The van der Waals surface area contributed by atoms with Gasteiger partial charge >= 0.3 is 0 Å². The highest BCUT2D eigenvalue weighted by atomic mass is 16.7. The standard InChI is InChI=1S/C17H28N4O5/c1-3-25-17(26-4-2)6-5-10-19-11-9-16(22)20-13-7-8-14(18)15(12-13)21(23)24/h7-8,12,17,19H,3-6,9-11,18H2,1-2H3,(H,20,22). The third-order valence-electron chi connectivity index (χ3n) is 3.54. The smallest absolute Gasteiger partial charge is 0.294 e. The average molecular weight is 368 g/mol. The van der Waals surface area contributed by atoms with E-state index in [4.69, 9.17) is 15.2 Å². The van der Waals surface area contributed by atoms with Crippen LogP contribution in [0.3, 0.4) is 0 Å². The number of benzene rings is 1. The summed E-state index contributed by atoms with van der Waals surface area (Å²) in [6.07, 6.45) is 1.74. The van der Waals surface area contributed by atoms with Gasteiger partial charge in [-0.2, -0.15) is 0 Å². The number of anilines is 2. The summed E-state index contributed by atoms with van der Waals surface area (Å²) < 4.78 is 10.9. The number of carbonyl (C=O) groups excluding carboxylic acids is 1.